The lowest BCUT2D eigenvalue weighted by Crippen LogP contribution is -2.40. The van der Waals surface area contributed by atoms with Crippen LogP contribution in [0.4, 0.5) is 13.2 Å². The summed E-state index contributed by atoms with van der Waals surface area (Å²) in [7, 11) is 0. The molecule has 0 radical (unpaired) electrons. The highest BCUT2D eigenvalue weighted by Gasteiger charge is 2.46. The summed E-state index contributed by atoms with van der Waals surface area (Å²) in [5.74, 6) is 5.31. The van der Waals surface area contributed by atoms with Gasteiger partial charge in [-0.2, -0.15) is 13.2 Å². The molecule has 380 valence electrons. The molecule has 0 amide bonds. The topological polar surface area (TPSA) is 247 Å². The fourth-order valence-electron chi connectivity index (χ4n) is 6.63. The summed E-state index contributed by atoms with van der Waals surface area (Å²) in [6.45, 7) is 26.7. The number of hydrogen-bond acceptors (Lipinski definition) is 11. The molecule has 0 spiro atoms. The van der Waals surface area contributed by atoms with Crippen molar-refractivity contribution in [3.8, 4) is 0 Å². The van der Waals surface area contributed by atoms with E-state index in [1.807, 2.05) is 6.92 Å². The third-order valence-corrected chi connectivity index (χ3v) is 13.8. The van der Waals surface area contributed by atoms with Crippen LogP contribution in [0.5, 0.6) is 0 Å². The number of aliphatic hydroxyl groups is 1. The molecule has 7 rings (SSSR count). The van der Waals surface area contributed by atoms with Gasteiger partial charge < -0.3 is 60.4 Å². The number of alkyl halides is 3. The molecule has 0 aromatic heterocycles. The highest BCUT2D eigenvalue weighted by atomic mass is 19.4. The smallest absolute Gasteiger partial charge is 0.389 e. The molecule has 2 saturated heterocycles. The van der Waals surface area contributed by atoms with Crippen LogP contribution in [0.15, 0.2) is 0 Å². The molecule has 2 heterocycles. The van der Waals surface area contributed by atoms with E-state index in [9.17, 15) is 13.2 Å². The van der Waals surface area contributed by atoms with Crippen LogP contribution in [0.3, 0.4) is 0 Å². The summed E-state index contributed by atoms with van der Waals surface area (Å²) in [6.07, 6.45) is 14.2. The van der Waals surface area contributed by atoms with E-state index in [4.69, 9.17) is 60.4 Å². The van der Waals surface area contributed by atoms with Gasteiger partial charge in [0.25, 0.3) is 0 Å². The standard InChI is InChI=1S/C9H19NO.C7H15NO.C7H13N.C6H13N.C5H8F3N.C5H13NO.C5H11N.C5H13N/c1-7(10)8-4-5-11-9(2,3)6-8;1-6(8)7-2-4-9-5-3-7;8-7(5-1-2-5)6-3-4-6;1-5(7)6-3-2-4-6;6-5(7,8)4(9)3-1-2-3;1-4(6)5(2,3)7;1-4(6)5-2-3-5;1-4(2)5(3)6/h7-8H,4-6,10H2,1-3H3;6-7H,2-5,8H2,1H3;5-7H,1-4,8H2;5-6H,2-4,7H2,1H3;3-4H,1-2,9H2;4,7H,6H2,1-3H3;4-5H,2-3,6H2,1H3;4-5H,6H2,1-3H3/t7-,8?;6-;;5-;;2*4-;5-/m11.1.011/s1. The SMILES string of the molecule is CC(C)[C@@H](C)N.C[C@@H](N)C1CC1.C[C@@H](N)C1CCC1.C[C@@H](N)C1CCOC(C)(C)C1.C[C@@H](N)C1CCOCC1.C[C@H](N)C(C)(C)O.NC(C1CC1)C(F)(F)F.NC(C1CC1)C1CC1. The van der Waals surface area contributed by atoms with E-state index < -0.39 is 17.8 Å². The van der Waals surface area contributed by atoms with Crippen LogP contribution in [-0.2, 0) is 9.47 Å². The zero-order chi connectivity index (χ0) is 48.9. The summed E-state index contributed by atoms with van der Waals surface area (Å²) in [6, 6.07) is 0.816. The molecule has 0 aromatic carbocycles. The molecule has 0 bridgehead atoms. The van der Waals surface area contributed by atoms with Crippen molar-refractivity contribution in [2.24, 2.45) is 93.2 Å². The summed E-state index contributed by atoms with van der Waals surface area (Å²) >= 11 is 0. The van der Waals surface area contributed by atoms with Crippen LogP contribution in [-0.4, -0.2) is 90.6 Å². The second-order valence-electron chi connectivity index (χ2n) is 22.0. The number of halogens is 3. The molecule has 0 aromatic rings. The Morgan fingerprint density at radius 3 is 0.984 bits per heavy atom. The minimum absolute atomic E-state index is 0.0521. The maximum atomic E-state index is 11.6. The van der Waals surface area contributed by atoms with Crippen molar-refractivity contribution in [1.29, 1.82) is 0 Å². The molecule has 11 nitrogen and oxygen atoms in total. The minimum atomic E-state index is -4.18. The van der Waals surface area contributed by atoms with Gasteiger partial charge in [0.05, 0.1) is 11.2 Å². The third-order valence-electron chi connectivity index (χ3n) is 13.8. The lowest BCUT2D eigenvalue weighted by molar-refractivity contribution is -0.151. The first-order chi connectivity index (χ1) is 28.9. The van der Waals surface area contributed by atoms with Gasteiger partial charge in [0.1, 0.15) is 6.04 Å². The van der Waals surface area contributed by atoms with E-state index in [1.165, 1.54) is 57.8 Å². The molecule has 14 heteroatoms. The predicted molar refractivity (Wildman–Crippen MR) is 260 cm³/mol. The summed E-state index contributed by atoms with van der Waals surface area (Å²) in [5.41, 5.74) is 43.4. The lowest BCUT2D eigenvalue weighted by Gasteiger charge is -2.37. The summed E-state index contributed by atoms with van der Waals surface area (Å²) in [4.78, 5) is 0. The molecule has 2 unspecified atom stereocenters. The highest BCUT2D eigenvalue weighted by Crippen LogP contribution is 2.43. The van der Waals surface area contributed by atoms with Crippen LogP contribution in [0, 0.1) is 47.3 Å². The average molecular weight is 911 g/mol. The molecule has 5 aliphatic carbocycles. The summed E-state index contributed by atoms with van der Waals surface area (Å²) < 4.78 is 45.6. The Kier molecular flexibility index (Phi) is 30.4. The Morgan fingerprint density at radius 1 is 0.508 bits per heavy atom. The van der Waals surface area contributed by atoms with E-state index in [1.54, 1.807) is 20.8 Å². The van der Waals surface area contributed by atoms with Crippen molar-refractivity contribution in [3.63, 3.8) is 0 Å². The van der Waals surface area contributed by atoms with E-state index in [2.05, 4.69) is 55.4 Å². The van der Waals surface area contributed by atoms with Crippen molar-refractivity contribution in [2.45, 2.75) is 245 Å². The Hall–Kier alpha value is -0.650. The van der Waals surface area contributed by atoms with Gasteiger partial charge in [-0.1, -0.05) is 20.3 Å². The molecule has 8 atom stereocenters. The van der Waals surface area contributed by atoms with Crippen LogP contribution in [0.1, 0.15) is 179 Å². The molecule has 7 aliphatic rings. The van der Waals surface area contributed by atoms with Crippen molar-refractivity contribution in [2.75, 3.05) is 19.8 Å². The van der Waals surface area contributed by atoms with Gasteiger partial charge in [0.15, 0.2) is 0 Å². The van der Waals surface area contributed by atoms with Crippen molar-refractivity contribution < 1.29 is 27.8 Å². The van der Waals surface area contributed by atoms with Crippen molar-refractivity contribution in [3.05, 3.63) is 0 Å². The fraction of sp³-hybridized carbons (Fsp3) is 1.00. The number of hydrogen-bond donors (Lipinski definition) is 9. The van der Waals surface area contributed by atoms with Gasteiger partial charge in [-0.05, 0) is 206 Å². The van der Waals surface area contributed by atoms with Gasteiger partial charge in [-0.15, -0.1) is 0 Å². The van der Waals surface area contributed by atoms with E-state index in [0.717, 1.165) is 69.2 Å². The van der Waals surface area contributed by atoms with Crippen LogP contribution in [0.2, 0.25) is 0 Å². The quantitative estimate of drug-likeness (QED) is 0.109. The Bertz CT molecular complexity index is 1080. The second kappa shape index (κ2) is 30.7. The third kappa shape index (κ3) is 32.7. The second-order valence-corrected chi connectivity index (χ2v) is 22.0. The zero-order valence-corrected chi connectivity index (χ0v) is 42.5. The minimum Gasteiger partial charge on any atom is -0.389 e. The fourth-order valence-corrected chi connectivity index (χ4v) is 6.63. The van der Waals surface area contributed by atoms with Crippen molar-refractivity contribution >= 4 is 0 Å². The van der Waals surface area contributed by atoms with Crippen molar-refractivity contribution in [1.82, 2.24) is 0 Å². The van der Waals surface area contributed by atoms with Gasteiger partial charge in [0, 0.05) is 62.1 Å². The first kappa shape index (κ1) is 62.4. The van der Waals surface area contributed by atoms with Crippen LogP contribution >= 0.6 is 0 Å². The molecular weight excluding hydrogens is 806 g/mol. The van der Waals surface area contributed by atoms with Gasteiger partial charge >= 0.3 is 6.18 Å². The van der Waals surface area contributed by atoms with Gasteiger partial charge in [0.2, 0.25) is 0 Å². The highest BCUT2D eigenvalue weighted by molar-refractivity contribution is 4.94. The number of ether oxygens (including phenoxy) is 2. The normalized spacial score (nSPS) is 25.5. The van der Waals surface area contributed by atoms with E-state index in [-0.39, 0.29) is 17.6 Å². The first-order valence-corrected chi connectivity index (χ1v) is 25.0. The Balaban J connectivity index is 0.000000703. The molecule has 63 heavy (non-hydrogen) atoms. The Labute approximate surface area is 384 Å². The van der Waals surface area contributed by atoms with E-state index >= 15 is 0 Å². The largest absolute Gasteiger partial charge is 0.403 e. The van der Waals surface area contributed by atoms with Gasteiger partial charge in [-0.3, -0.25) is 0 Å². The monoisotopic (exact) mass is 911 g/mol. The van der Waals surface area contributed by atoms with Gasteiger partial charge in [-0.25, -0.2) is 0 Å². The predicted octanol–water partition coefficient (Wildman–Crippen LogP) is 7.69. The number of nitrogens with two attached hydrogens (primary N) is 8. The van der Waals surface area contributed by atoms with Crippen LogP contribution in [0.25, 0.3) is 0 Å². The first-order valence-electron chi connectivity index (χ1n) is 25.0. The van der Waals surface area contributed by atoms with Crippen LogP contribution < -0.4 is 45.9 Å². The zero-order valence-electron chi connectivity index (χ0n) is 42.5. The molecule has 2 aliphatic heterocycles. The maximum absolute atomic E-state index is 11.6. The lowest BCUT2D eigenvalue weighted by atomic mass is 9.81. The Morgan fingerprint density at radius 2 is 0.825 bits per heavy atom. The molecular formula is C49H105F3N8O3. The number of rotatable bonds is 9. The average Bonchev–Trinajstić information content (AvgIpc) is 3.98. The molecule has 7 fully saturated rings. The molecule has 5 saturated carbocycles. The maximum Gasteiger partial charge on any atom is 0.403 e. The summed E-state index contributed by atoms with van der Waals surface area (Å²) in [5, 5.41) is 8.97. The van der Waals surface area contributed by atoms with E-state index in [0.29, 0.717) is 66.8 Å². The molecule has 17 N–H and O–H groups in total.